The van der Waals surface area contributed by atoms with Crippen LogP contribution in [0.5, 0.6) is 5.75 Å². The number of anilines is 2. The summed E-state index contributed by atoms with van der Waals surface area (Å²) in [5.41, 5.74) is 2.17. The van der Waals surface area contributed by atoms with Crippen LogP contribution in [0, 0.1) is 6.92 Å². The summed E-state index contributed by atoms with van der Waals surface area (Å²) in [7, 11) is 0. The van der Waals surface area contributed by atoms with Crippen LogP contribution in [-0.4, -0.2) is 23.1 Å². The Hall–Kier alpha value is -2.79. The van der Waals surface area contributed by atoms with Crippen LogP contribution < -0.4 is 15.4 Å². The van der Waals surface area contributed by atoms with Crippen molar-refractivity contribution in [3.63, 3.8) is 0 Å². The molecule has 0 radical (unpaired) electrons. The third kappa shape index (κ3) is 5.36. The van der Waals surface area contributed by atoms with Crippen LogP contribution in [0.2, 0.25) is 5.02 Å². The van der Waals surface area contributed by atoms with Crippen LogP contribution >= 0.6 is 11.6 Å². The number of ether oxygens (including phenoxy) is 1. The quantitative estimate of drug-likeness (QED) is 0.571. The van der Waals surface area contributed by atoms with E-state index in [2.05, 4.69) is 26.7 Å². The van der Waals surface area contributed by atoms with E-state index in [1.807, 2.05) is 55.5 Å². The molecule has 0 saturated heterocycles. The molecule has 3 aromatic rings. The smallest absolute Gasteiger partial charge is 0.224 e. The largest absolute Gasteiger partial charge is 0.492 e. The zero-order chi connectivity index (χ0) is 18.2. The van der Waals surface area contributed by atoms with Gasteiger partial charge in [0.25, 0.3) is 0 Å². The number of nitrogens with one attached hydrogen (secondary N) is 2. The maximum atomic E-state index is 6.16. The normalized spacial score (nSPS) is 10.4. The predicted molar refractivity (Wildman–Crippen MR) is 106 cm³/mol. The fourth-order valence-electron chi connectivity index (χ4n) is 2.33. The van der Waals surface area contributed by atoms with Gasteiger partial charge >= 0.3 is 0 Å². The second-order valence-electron chi connectivity index (χ2n) is 5.79. The van der Waals surface area contributed by atoms with Gasteiger partial charge in [-0.3, -0.25) is 0 Å². The van der Waals surface area contributed by atoms with Crippen LogP contribution in [0.1, 0.15) is 11.1 Å². The number of benzene rings is 2. The lowest BCUT2D eigenvalue weighted by atomic mass is 10.1. The minimum atomic E-state index is 0.535. The van der Waals surface area contributed by atoms with Gasteiger partial charge < -0.3 is 15.4 Å². The molecule has 0 aliphatic carbocycles. The van der Waals surface area contributed by atoms with Crippen molar-refractivity contribution in [2.75, 3.05) is 23.8 Å². The van der Waals surface area contributed by atoms with E-state index in [1.165, 1.54) is 0 Å². The predicted octanol–water partition coefficient (Wildman–Crippen LogP) is 4.54. The highest BCUT2D eigenvalue weighted by atomic mass is 35.5. The summed E-state index contributed by atoms with van der Waals surface area (Å²) >= 11 is 6.16. The van der Waals surface area contributed by atoms with Gasteiger partial charge in [0, 0.05) is 17.8 Å². The van der Waals surface area contributed by atoms with Gasteiger partial charge in [-0.15, -0.1) is 0 Å². The van der Waals surface area contributed by atoms with Crippen LogP contribution in [0.15, 0.2) is 60.8 Å². The first-order chi connectivity index (χ1) is 12.7. The Morgan fingerprint density at radius 3 is 2.69 bits per heavy atom. The number of hydrogen-bond acceptors (Lipinski definition) is 5. The summed E-state index contributed by atoms with van der Waals surface area (Å²) in [6.45, 7) is 3.79. The van der Waals surface area contributed by atoms with Gasteiger partial charge in [-0.1, -0.05) is 41.9 Å². The highest BCUT2D eigenvalue weighted by Crippen LogP contribution is 2.17. The van der Waals surface area contributed by atoms with Crippen LogP contribution in [0.3, 0.4) is 0 Å². The minimum absolute atomic E-state index is 0.535. The summed E-state index contributed by atoms with van der Waals surface area (Å²) in [4.78, 5) is 8.68. The molecule has 0 bridgehead atoms. The molecule has 0 aliphatic heterocycles. The summed E-state index contributed by atoms with van der Waals surface area (Å²) in [5, 5.41) is 7.22. The molecule has 0 fully saturated rings. The number of aromatic nitrogens is 2. The molecule has 5 nitrogen and oxygen atoms in total. The first-order valence-corrected chi connectivity index (χ1v) is 8.82. The van der Waals surface area contributed by atoms with Crippen LogP contribution in [-0.2, 0) is 6.54 Å². The number of nitrogens with zero attached hydrogens (tertiary/aromatic N) is 2. The maximum Gasteiger partial charge on any atom is 0.224 e. The molecule has 0 atom stereocenters. The van der Waals surface area contributed by atoms with E-state index < -0.39 is 0 Å². The molecule has 2 N–H and O–H groups in total. The van der Waals surface area contributed by atoms with Crippen molar-refractivity contribution in [1.82, 2.24) is 9.97 Å². The monoisotopic (exact) mass is 368 g/mol. The summed E-state index contributed by atoms with van der Waals surface area (Å²) in [6.07, 6.45) is 1.72. The highest BCUT2D eigenvalue weighted by Gasteiger charge is 2.01. The van der Waals surface area contributed by atoms with Gasteiger partial charge in [0.1, 0.15) is 18.2 Å². The number of hydrogen-bond donors (Lipinski definition) is 2. The molecule has 1 aromatic heterocycles. The fraction of sp³-hybridized carbons (Fsp3) is 0.200. The molecular weight excluding hydrogens is 348 g/mol. The Kier molecular flexibility index (Phi) is 6.28. The lowest BCUT2D eigenvalue weighted by Crippen LogP contribution is -2.14. The zero-order valence-electron chi connectivity index (χ0n) is 14.6. The molecule has 3 rings (SSSR count). The molecule has 6 heteroatoms. The molecule has 0 spiro atoms. The van der Waals surface area contributed by atoms with E-state index in [1.54, 1.807) is 6.20 Å². The average molecular weight is 369 g/mol. The number of rotatable bonds is 8. The summed E-state index contributed by atoms with van der Waals surface area (Å²) in [6, 6.07) is 17.6. The molecule has 0 saturated carbocycles. The number of aryl methyl sites for hydroxylation is 1. The molecule has 0 amide bonds. The number of halogens is 1. The van der Waals surface area contributed by atoms with Gasteiger partial charge in [-0.2, -0.15) is 4.98 Å². The van der Waals surface area contributed by atoms with Gasteiger partial charge in [-0.05, 0) is 42.3 Å². The van der Waals surface area contributed by atoms with Crippen molar-refractivity contribution in [3.8, 4) is 5.75 Å². The standard InChI is InChI=1S/C20H21ClN4O/c1-15-7-8-16(13-18(15)21)14-24-19-9-10-22-20(25-19)23-11-12-26-17-5-3-2-4-6-17/h2-10,13H,11-12,14H2,1H3,(H2,22,23,24,25). The Morgan fingerprint density at radius 2 is 1.88 bits per heavy atom. The van der Waals surface area contributed by atoms with Gasteiger partial charge in [0.05, 0.1) is 6.54 Å². The van der Waals surface area contributed by atoms with E-state index in [4.69, 9.17) is 16.3 Å². The maximum absolute atomic E-state index is 6.16. The second kappa shape index (κ2) is 9.06. The van der Waals surface area contributed by atoms with Gasteiger partial charge in [-0.25, -0.2) is 4.98 Å². The third-order valence-electron chi connectivity index (χ3n) is 3.76. The minimum Gasteiger partial charge on any atom is -0.492 e. The van der Waals surface area contributed by atoms with Crippen LogP contribution in [0.25, 0.3) is 0 Å². The Morgan fingerprint density at radius 1 is 1.04 bits per heavy atom. The topological polar surface area (TPSA) is 59.1 Å². The first kappa shape index (κ1) is 18.0. The summed E-state index contributed by atoms with van der Waals surface area (Å²) < 4.78 is 5.64. The lowest BCUT2D eigenvalue weighted by molar-refractivity contribution is 0.332. The SMILES string of the molecule is Cc1ccc(CNc2ccnc(NCCOc3ccccc3)n2)cc1Cl. The van der Waals surface area contributed by atoms with Crippen molar-refractivity contribution in [1.29, 1.82) is 0 Å². The summed E-state index contributed by atoms with van der Waals surface area (Å²) in [5.74, 6) is 2.17. The van der Waals surface area contributed by atoms with Gasteiger partial charge in [0.2, 0.25) is 5.95 Å². The zero-order valence-corrected chi connectivity index (χ0v) is 15.3. The van der Waals surface area contributed by atoms with Crippen molar-refractivity contribution in [2.45, 2.75) is 13.5 Å². The first-order valence-electron chi connectivity index (χ1n) is 8.44. The Balaban J connectivity index is 1.47. The lowest BCUT2D eigenvalue weighted by Gasteiger charge is -2.10. The van der Waals surface area contributed by atoms with Crippen molar-refractivity contribution in [2.24, 2.45) is 0 Å². The van der Waals surface area contributed by atoms with E-state index in [-0.39, 0.29) is 0 Å². The van der Waals surface area contributed by atoms with Crippen molar-refractivity contribution >= 4 is 23.4 Å². The van der Waals surface area contributed by atoms with Crippen LogP contribution in [0.4, 0.5) is 11.8 Å². The van der Waals surface area contributed by atoms with E-state index in [9.17, 15) is 0 Å². The molecule has 134 valence electrons. The highest BCUT2D eigenvalue weighted by molar-refractivity contribution is 6.31. The average Bonchev–Trinajstić information content (AvgIpc) is 2.67. The molecule has 1 heterocycles. The molecular formula is C20H21ClN4O. The molecule has 0 aliphatic rings. The molecule has 26 heavy (non-hydrogen) atoms. The molecule has 0 unspecified atom stereocenters. The Labute approximate surface area is 158 Å². The van der Waals surface area contributed by atoms with Gasteiger partial charge in [0.15, 0.2) is 0 Å². The van der Waals surface area contributed by atoms with E-state index >= 15 is 0 Å². The second-order valence-corrected chi connectivity index (χ2v) is 6.20. The van der Waals surface area contributed by atoms with Crippen molar-refractivity contribution in [3.05, 3.63) is 76.9 Å². The van der Waals surface area contributed by atoms with Crippen molar-refractivity contribution < 1.29 is 4.74 Å². The fourth-order valence-corrected chi connectivity index (χ4v) is 2.53. The Bertz CT molecular complexity index is 842. The molecule has 2 aromatic carbocycles. The number of para-hydroxylation sites is 1. The van der Waals surface area contributed by atoms with E-state index in [0.29, 0.717) is 25.6 Å². The third-order valence-corrected chi connectivity index (χ3v) is 4.17. The van der Waals surface area contributed by atoms with E-state index in [0.717, 1.165) is 27.7 Å².